The van der Waals surface area contributed by atoms with Crippen LogP contribution in [-0.4, -0.2) is 43.6 Å². The summed E-state index contributed by atoms with van der Waals surface area (Å²) in [4.78, 5) is 7.05. The number of aryl methyl sites for hydroxylation is 1. The van der Waals surface area contributed by atoms with Crippen LogP contribution in [0.25, 0.3) is 11.4 Å². The number of para-hydroxylation sites is 1. The second-order valence-electron chi connectivity index (χ2n) is 9.72. The Morgan fingerprint density at radius 1 is 1.16 bits per heavy atom. The Kier molecular flexibility index (Phi) is 6.04. The molecule has 4 aromatic rings. The Hall–Kier alpha value is -3.56. The normalized spacial score (nSPS) is 19.9. The molecule has 37 heavy (non-hydrogen) atoms. The van der Waals surface area contributed by atoms with Crippen molar-refractivity contribution in [2.24, 2.45) is 0 Å². The van der Waals surface area contributed by atoms with Crippen LogP contribution in [-0.2, 0) is 12.3 Å². The fourth-order valence-corrected chi connectivity index (χ4v) is 5.44. The maximum absolute atomic E-state index is 14.7. The number of benzene rings is 2. The lowest BCUT2D eigenvalue weighted by atomic mass is 9.88. The highest BCUT2D eigenvalue weighted by atomic mass is 35.5. The Morgan fingerprint density at radius 3 is 2.73 bits per heavy atom. The van der Waals surface area contributed by atoms with Gasteiger partial charge in [-0.05, 0) is 79.9 Å². The second kappa shape index (κ2) is 9.39. The van der Waals surface area contributed by atoms with Gasteiger partial charge in [-0.1, -0.05) is 23.7 Å². The van der Waals surface area contributed by atoms with Crippen LogP contribution in [0.2, 0.25) is 5.02 Å². The monoisotopic (exact) mass is 520 g/mol. The molecule has 0 unspecified atom stereocenters. The first-order valence-corrected chi connectivity index (χ1v) is 12.7. The zero-order valence-electron chi connectivity index (χ0n) is 20.5. The van der Waals surface area contributed by atoms with Crippen molar-refractivity contribution in [3.05, 3.63) is 81.9 Å². The molecule has 0 bridgehead atoms. The van der Waals surface area contributed by atoms with E-state index < -0.39 is 11.6 Å². The molecule has 2 aliphatic heterocycles. The van der Waals surface area contributed by atoms with Crippen LogP contribution < -0.4 is 9.47 Å². The van der Waals surface area contributed by atoms with Gasteiger partial charge in [-0.2, -0.15) is 5.21 Å². The minimum Gasteiger partial charge on any atom is -0.444 e. The van der Waals surface area contributed by atoms with Crippen molar-refractivity contribution in [3.63, 3.8) is 0 Å². The molecule has 0 saturated carbocycles. The third-order valence-corrected chi connectivity index (χ3v) is 7.43. The molecule has 2 aromatic carbocycles. The van der Waals surface area contributed by atoms with Gasteiger partial charge in [0.25, 0.3) is 5.79 Å². The predicted molar refractivity (Wildman–Crippen MR) is 136 cm³/mol. The fraction of sp³-hybridized carbons (Fsp3) is 0.333. The molecule has 4 heterocycles. The van der Waals surface area contributed by atoms with E-state index in [-0.39, 0.29) is 0 Å². The molecule has 2 aliphatic rings. The average molecular weight is 521 g/mol. The maximum Gasteiger partial charge on any atom is 0.278 e. The van der Waals surface area contributed by atoms with E-state index >= 15 is 0 Å². The van der Waals surface area contributed by atoms with Gasteiger partial charge in [0, 0.05) is 35.8 Å². The smallest absolute Gasteiger partial charge is 0.278 e. The molecule has 0 radical (unpaired) electrons. The summed E-state index contributed by atoms with van der Waals surface area (Å²) in [5, 5.41) is 14.5. The van der Waals surface area contributed by atoms with Gasteiger partial charge in [-0.15, -0.1) is 10.2 Å². The number of aromatic amines is 1. The Bertz CT molecular complexity index is 1440. The van der Waals surface area contributed by atoms with Gasteiger partial charge in [-0.25, -0.2) is 4.39 Å². The van der Waals surface area contributed by atoms with Crippen LogP contribution in [0.15, 0.2) is 48.7 Å². The van der Waals surface area contributed by atoms with Gasteiger partial charge in [0.2, 0.25) is 5.82 Å². The molecule has 0 aliphatic carbocycles. The molecule has 8 nitrogen and oxygen atoms in total. The van der Waals surface area contributed by atoms with Crippen LogP contribution in [0.5, 0.6) is 11.5 Å². The number of hydrogen-bond acceptors (Lipinski definition) is 7. The van der Waals surface area contributed by atoms with Gasteiger partial charge in [0.1, 0.15) is 5.82 Å². The lowest BCUT2D eigenvalue weighted by Crippen LogP contribution is -2.33. The number of piperidine rings is 1. The number of aromatic nitrogens is 5. The number of H-pyrrole nitrogens is 1. The highest BCUT2D eigenvalue weighted by Crippen LogP contribution is 2.49. The Labute approximate surface area is 218 Å². The number of halogens is 2. The molecule has 0 amide bonds. The van der Waals surface area contributed by atoms with Gasteiger partial charge in [-0.3, -0.25) is 9.88 Å². The SMILES string of the molecule is Cc1cc(CN2CCC(c3cccc4c3O[C@@](C)(c3ccc(Cl)cc3F)O4)CC2)ncc1-c1nn[nH]n1. The third kappa shape index (κ3) is 4.53. The molecule has 10 heteroatoms. The van der Waals surface area contributed by atoms with Crippen LogP contribution in [0.1, 0.15) is 48.1 Å². The van der Waals surface area contributed by atoms with Gasteiger partial charge in [0.15, 0.2) is 11.5 Å². The number of nitrogens with one attached hydrogen (secondary N) is 1. The van der Waals surface area contributed by atoms with E-state index in [0.29, 0.717) is 33.8 Å². The van der Waals surface area contributed by atoms with E-state index in [2.05, 4.69) is 42.6 Å². The summed E-state index contributed by atoms with van der Waals surface area (Å²) in [7, 11) is 0. The van der Waals surface area contributed by atoms with Crippen molar-refractivity contribution in [2.75, 3.05) is 13.1 Å². The zero-order valence-corrected chi connectivity index (χ0v) is 21.3. The first kappa shape index (κ1) is 23.8. The number of nitrogens with zero attached hydrogens (tertiary/aromatic N) is 5. The highest BCUT2D eigenvalue weighted by Gasteiger charge is 2.42. The molecule has 1 saturated heterocycles. The summed E-state index contributed by atoms with van der Waals surface area (Å²) in [6.45, 7) is 6.42. The summed E-state index contributed by atoms with van der Waals surface area (Å²) < 4.78 is 27.2. The van der Waals surface area contributed by atoms with Crippen molar-refractivity contribution in [3.8, 4) is 22.9 Å². The fourth-order valence-electron chi connectivity index (χ4n) is 5.28. The highest BCUT2D eigenvalue weighted by molar-refractivity contribution is 6.30. The molecule has 1 atom stereocenters. The molecule has 1 N–H and O–H groups in total. The van der Waals surface area contributed by atoms with Gasteiger partial charge in [0.05, 0.1) is 11.3 Å². The van der Waals surface area contributed by atoms with Crippen molar-refractivity contribution in [1.82, 2.24) is 30.5 Å². The summed E-state index contributed by atoms with van der Waals surface area (Å²) in [6.07, 6.45) is 3.77. The summed E-state index contributed by atoms with van der Waals surface area (Å²) in [5.41, 5.74) is 4.39. The Morgan fingerprint density at radius 2 is 2.00 bits per heavy atom. The van der Waals surface area contributed by atoms with Crippen molar-refractivity contribution >= 4 is 11.6 Å². The molecule has 6 rings (SSSR count). The summed E-state index contributed by atoms with van der Waals surface area (Å²) in [5.74, 6) is 0.513. The standard InChI is InChI=1S/C27H26ClFN6O2/c1-16-12-19(30-14-21(16)26-31-33-34-32-26)15-35-10-8-17(9-11-35)20-4-3-5-24-25(20)37-27(2,36-24)22-7-6-18(28)13-23(22)29/h3-7,12-14,17H,8-11,15H2,1-2H3,(H,31,32,33,34)/t27-/m0/s1. The average Bonchev–Trinajstić information content (AvgIpc) is 3.52. The predicted octanol–water partition coefficient (Wildman–Crippen LogP) is 5.39. The third-order valence-electron chi connectivity index (χ3n) is 7.20. The molecular formula is C27H26ClFN6O2. The van der Waals surface area contributed by atoms with Gasteiger partial charge >= 0.3 is 0 Å². The van der Waals surface area contributed by atoms with Crippen molar-refractivity contribution < 1.29 is 13.9 Å². The quantitative estimate of drug-likeness (QED) is 0.377. The van der Waals surface area contributed by atoms with Crippen LogP contribution in [0.4, 0.5) is 4.39 Å². The Balaban J connectivity index is 1.13. The number of tetrazole rings is 1. The van der Waals surface area contributed by atoms with Crippen molar-refractivity contribution in [2.45, 2.75) is 44.9 Å². The lowest BCUT2D eigenvalue weighted by molar-refractivity contribution is -0.0712. The number of likely N-dealkylation sites (tertiary alicyclic amines) is 1. The van der Waals surface area contributed by atoms with Gasteiger partial charge < -0.3 is 9.47 Å². The van der Waals surface area contributed by atoms with Crippen molar-refractivity contribution in [1.29, 1.82) is 0 Å². The number of ether oxygens (including phenoxy) is 2. The van der Waals surface area contributed by atoms with Crippen LogP contribution in [0.3, 0.4) is 0 Å². The summed E-state index contributed by atoms with van der Waals surface area (Å²) in [6, 6.07) is 12.6. The zero-order chi connectivity index (χ0) is 25.6. The number of hydrogen-bond donors (Lipinski definition) is 1. The van der Waals surface area contributed by atoms with Crippen LogP contribution >= 0.6 is 11.6 Å². The molecule has 2 aromatic heterocycles. The number of fused-ring (bicyclic) bond motifs is 1. The van der Waals surface area contributed by atoms with E-state index in [1.807, 2.05) is 25.3 Å². The number of rotatable bonds is 5. The van der Waals surface area contributed by atoms with E-state index in [1.165, 1.54) is 6.07 Å². The minimum absolute atomic E-state index is 0.321. The molecule has 190 valence electrons. The maximum atomic E-state index is 14.7. The van der Waals surface area contributed by atoms with E-state index in [4.69, 9.17) is 21.1 Å². The minimum atomic E-state index is -1.25. The first-order chi connectivity index (χ1) is 17.9. The first-order valence-electron chi connectivity index (χ1n) is 12.3. The lowest BCUT2D eigenvalue weighted by Gasteiger charge is -2.32. The second-order valence-corrected chi connectivity index (χ2v) is 10.2. The number of pyridine rings is 1. The molecule has 0 spiro atoms. The summed E-state index contributed by atoms with van der Waals surface area (Å²) >= 11 is 5.95. The molecule has 1 fully saturated rings. The topological polar surface area (TPSA) is 89.0 Å². The van der Waals surface area contributed by atoms with Crippen LogP contribution in [0, 0.1) is 12.7 Å². The van der Waals surface area contributed by atoms with E-state index in [1.54, 1.807) is 19.1 Å². The van der Waals surface area contributed by atoms with E-state index in [9.17, 15) is 4.39 Å². The van der Waals surface area contributed by atoms with E-state index in [0.717, 1.165) is 54.9 Å². The molecular weight excluding hydrogens is 495 g/mol. The largest absolute Gasteiger partial charge is 0.444 e.